The summed E-state index contributed by atoms with van der Waals surface area (Å²) in [5, 5.41) is 6.63. The number of hydrogen-bond donors (Lipinski definition) is 0. The smallest absolute Gasteiger partial charge is 0.339 e. The molecule has 4 heterocycles. The molecule has 4 nitrogen and oxygen atoms in total. The maximum atomic E-state index is 7.38. The third-order valence-electron chi connectivity index (χ3n) is 8.29. The number of para-hydroxylation sites is 2. The minimum atomic E-state index is -1.32. The predicted molar refractivity (Wildman–Crippen MR) is 165 cm³/mol. The van der Waals surface area contributed by atoms with Crippen LogP contribution in [0.25, 0.3) is 63.1 Å². The number of ether oxygens (including phenoxy) is 2. The van der Waals surface area contributed by atoms with E-state index in [1.165, 1.54) is 9.40 Å². The Hall–Kier alpha value is -4.78. The molecule has 0 N–H and O–H groups in total. The Morgan fingerprint density at radius 3 is 1.41 bits per heavy atom. The van der Waals surface area contributed by atoms with E-state index in [0.717, 1.165) is 65.2 Å². The van der Waals surface area contributed by atoms with E-state index in [0.29, 0.717) is 0 Å². The van der Waals surface area contributed by atoms with Crippen LogP contribution in [0.1, 0.15) is 0 Å². The first-order valence-corrected chi connectivity index (χ1v) is 15.2. The zero-order chi connectivity index (χ0) is 26.7. The molecule has 41 heavy (non-hydrogen) atoms. The second-order valence-corrected chi connectivity index (χ2v) is 12.6. The summed E-state index contributed by atoms with van der Waals surface area (Å²) >= 11 is 3.56. The van der Waals surface area contributed by atoms with Crippen molar-refractivity contribution in [2.45, 2.75) is 6.03 Å². The van der Waals surface area contributed by atoms with Crippen molar-refractivity contribution in [1.82, 2.24) is 0 Å². The molecule has 192 valence electrons. The summed E-state index contributed by atoms with van der Waals surface area (Å²) in [6.45, 7) is 0. The van der Waals surface area contributed by atoms with Gasteiger partial charge in [-0.3, -0.25) is 0 Å². The first-order chi connectivity index (χ1) is 20.3. The molecule has 10 rings (SSSR count). The third-order valence-corrected chi connectivity index (χ3v) is 10.6. The summed E-state index contributed by atoms with van der Waals surface area (Å²) in [4.78, 5) is 0. The van der Waals surface area contributed by atoms with Gasteiger partial charge < -0.3 is 9.47 Å². The highest BCUT2D eigenvalue weighted by Crippen LogP contribution is 2.50. The van der Waals surface area contributed by atoms with Crippen molar-refractivity contribution in [3.8, 4) is 32.6 Å². The van der Waals surface area contributed by atoms with E-state index in [1.54, 1.807) is 22.7 Å². The molecular weight excluding hydrogens is 545 g/mol. The summed E-state index contributed by atoms with van der Waals surface area (Å²) in [5.74, 6) is 1.68. The monoisotopic (exact) mass is 564 g/mol. The van der Waals surface area contributed by atoms with Gasteiger partial charge in [0.1, 0.15) is 20.5 Å². The molecule has 2 aliphatic heterocycles. The molecule has 0 atom stereocenters. The molecule has 1 spiro atoms. The molecule has 0 bridgehead atoms. The number of aromatic nitrogens is 2. The highest BCUT2D eigenvalue weighted by molar-refractivity contribution is 7.21. The van der Waals surface area contributed by atoms with Crippen LogP contribution in [-0.4, -0.2) is 0 Å². The van der Waals surface area contributed by atoms with E-state index in [2.05, 4.69) is 130 Å². The molecule has 0 amide bonds. The van der Waals surface area contributed by atoms with Crippen LogP contribution in [0.5, 0.6) is 11.5 Å². The van der Waals surface area contributed by atoms with Gasteiger partial charge in [-0.15, -0.1) is 0 Å². The molecular formula is C35H20N2O2S2+2. The molecule has 6 heteroatoms. The van der Waals surface area contributed by atoms with Crippen LogP contribution in [-0.2, 0) is 6.03 Å². The Kier molecular flexibility index (Phi) is 4.12. The van der Waals surface area contributed by atoms with E-state index in [1.807, 2.05) is 0 Å². The standard InChI is InChI=1S/C35H20N2O2S2/c1-3-11-23-21(9-1)17-19-25-31(23)38-35(36-27-13-5-7-15-29(27)40-33(25)36)37-28-14-6-8-16-30(28)41-34(37)26-20-18-22-10-2-4-12-24(22)32(26)39-35/h1-20H/q+2. The van der Waals surface area contributed by atoms with Gasteiger partial charge in [0, 0.05) is 22.9 Å². The highest BCUT2D eigenvalue weighted by atomic mass is 32.1. The first kappa shape index (κ1) is 22.0. The van der Waals surface area contributed by atoms with Gasteiger partial charge in [0.2, 0.25) is 11.0 Å². The molecule has 0 radical (unpaired) electrons. The Morgan fingerprint density at radius 2 is 0.902 bits per heavy atom. The fourth-order valence-electron chi connectivity index (χ4n) is 6.50. The van der Waals surface area contributed by atoms with Crippen LogP contribution in [0.2, 0.25) is 0 Å². The van der Waals surface area contributed by atoms with Gasteiger partial charge in [-0.05, 0) is 44.2 Å². The average Bonchev–Trinajstić information content (AvgIpc) is 3.62. The van der Waals surface area contributed by atoms with E-state index in [9.17, 15) is 0 Å². The molecule has 2 aromatic heterocycles. The number of nitrogens with zero attached hydrogens (tertiary/aromatic N) is 2. The second kappa shape index (κ2) is 7.69. The lowest BCUT2D eigenvalue weighted by atomic mass is 10.0. The van der Waals surface area contributed by atoms with Crippen molar-refractivity contribution in [3.63, 3.8) is 0 Å². The summed E-state index contributed by atoms with van der Waals surface area (Å²) in [6, 6.07) is 41.4. The predicted octanol–water partition coefficient (Wildman–Crippen LogP) is 8.23. The van der Waals surface area contributed by atoms with Crippen molar-refractivity contribution < 1.29 is 18.6 Å². The Labute approximate surface area is 242 Å². The fourth-order valence-corrected chi connectivity index (χ4v) is 8.89. The van der Waals surface area contributed by atoms with Crippen LogP contribution in [0.4, 0.5) is 0 Å². The Morgan fingerprint density at radius 1 is 0.463 bits per heavy atom. The zero-order valence-electron chi connectivity index (χ0n) is 21.6. The summed E-state index contributed by atoms with van der Waals surface area (Å²) in [6.07, 6.45) is 0. The van der Waals surface area contributed by atoms with Crippen LogP contribution >= 0.6 is 22.7 Å². The number of benzene rings is 6. The van der Waals surface area contributed by atoms with Crippen LogP contribution in [0.15, 0.2) is 121 Å². The summed E-state index contributed by atoms with van der Waals surface area (Å²) < 4.78 is 21.7. The molecule has 0 aliphatic carbocycles. The molecule has 6 aromatic carbocycles. The van der Waals surface area contributed by atoms with Crippen molar-refractivity contribution in [2.24, 2.45) is 0 Å². The number of thiazole rings is 2. The van der Waals surface area contributed by atoms with Crippen LogP contribution in [0.3, 0.4) is 0 Å². The molecule has 0 saturated heterocycles. The quantitative estimate of drug-likeness (QED) is 0.173. The van der Waals surface area contributed by atoms with Crippen LogP contribution in [0, 0.1) is 0 Å². The van der Waals surface area contributed by atoms with Gasteiger partial charge in [-0.1, -0.05) is 108 Å². The van der Waals surface area contributed by atoms with Crippen molar-refractivity contribution in [3.05, 3.63) is 121 Å². The van der Waals surface area contributed by atoms with E-state index < -0.39 is 6.03 Å². The second-order valence-electron chi connectivity index (χ2n) is 10.5. The van der Waals surface area contributed by atoms with Gasteiger partial charge in [0.25, 0.3) is 10.0 Å². The van der Waals surface area contributed by atoms with Crippen LogP contribution < -0.4 is 18.6 Å². The van der Waals surface area contributed by atoms with Crippen molar-refractivity contribution >= 4 is 64.7 Å². The summed E-state index contributed by atoms with van der Waals surface area (Å²) in [5.41, 5.74) is 4.29. The zero-order valence-corrected chi connectivity index (χ0v) is 23.2. The van der Waals surface area contributed by atoms with Gasteiger partial charge in [0.15, 0.2) is 11.5 Å². The van der Waals surface area contributed by atoms with E-state index in [-0.39, 0.29) is 0 Å². The normalized spacial score (nSPS) is 14.4. The third kappa shape index (κ3) is 2.73. The molecule has 0 saturated carbocycles. The average molecular weight is 565 g/mol. The highest BCUT2D eigenvalue weighted by Gasteiger charge is 2.69. The minimum absolute atomic E-state index is 0.840. The largest absolute Gasteiger partial charge is 0.717 e. The first-order valence-electron chi connectivity index (χ1n) is 13.6. The SMILES string of the molecule is c1ccc2c3c(ccc2c1)-c1sc2ccccc2[n+]1C1(O3)Oc2c(ccc3ccccc23)-c2sc3ccccc3[n+]21. The number of hydrogen-bond acceptors (Lipinski definition) is 4. The van der Waals surface area contributed by atoms with E-state index in [4.69, 9.17) is 9.47 Å². The number of rotatable bonds is 0. The van der Waals surface area contributed by atoms with Gasteiger partial charge >= 0.3 is 6.03 Å². The Bertz CT molecular complexity index is 2230. The lowest BCUT2D eigenvalue weighted by molar-refractivity contribution is -1.04. The molecule has 2 aliphatic rings. The molecule has 0 fully saturated rings. The van der Waals surface area contributed by atoms with Gasteiger partial charge in [-0.2, -0.15) is 0 Å². The minimum Gasteiger partial charge on any atom is -0.339 e. The lowest BCUT2D eigenvalue weighted by Gasteiger charge is -2.30. The molecule has 8 aromatic rings. The number of fused-ring (bicyclic) bond motifs is 16. The van der Waals surface area contributed by atoms with Crippen molar-refractivity contribution in [1.29, 1.82) is 0 Å². The van der Waals surface area contributed by atoms with Gasteiger partial charge in [0.05, 0.1) is 0 Å². The maximum absolute atomic E-state index is 7.38. The molecule has 0 unspecified atom stereocenters. The van der Waals surface area contributed by atoms with Gasteiger partial charge in [-0.25, -0.2) is 0 Å². The topological polar surface area (TPSA) is 26.2 Å². The lowest BCUT2D eigenvalue weighted by Crippen LogP contribution is -2.81. The van der Waals surface area contributed by atoms with E-state index >= 15 is 0 Å². The van der Waals surface area contributed by atoms with Crippen molar-refractivity contribution in [2.75, 3.05) is 0 Å². The fraction of sp³-hybridized carbons (Fsp3) is 0.0286. The maximum Gasteiger partial charge on any atom is 0.717 e. The summed E-state index contributed by atoms with van der Waals surface area (Å²) in [7, 11) is 0. The Balaban J connectivity index is 1.42.